The first kappa shape index (κ1) is 12.3. The van der Waals surface area contributed by atoms with Crippen molar-refractivity contribution in [3.05, 3.63) is 0 Å². The predicted octanol–water partition coefficient (Wildman–Crippen LogP) is 0.197. The van der Waals surface area contributed by atoms with Crippen LogP contribution in [0.15, 0.2) is 0 Å². The molecule has 1 aliphatic carbocycles. The largest absolute Gasteiger partial charge is 0.394 e. The molecule has 0 spiro atoms. The number of likely N-dealkylation sites (tertiary alicyclic amines) is 1. The third-order valence-corrected chi connectivity index (χ3v) is 4.17. The molecule has 1 saturated heterocycles. The number of aliphatic hydroxyl groups excluding tert-OH is 1. The van der Waals surface area contributed by atoms with Gasteiger partial charge in [0.05, 0.1) is 13.2 Å². The lowest BCUT2D eigenvalue weighted by Gasteiger charge is -2.26. The van der Waals surface area contributed by atoms with E-state index in [4.69, 9.17) is 10.5 Å². The van der Waals surface area contributed by atoms with Crippen molar-refractivity contribution in [2.45, 2.75) is 37.3 Å². The van der Waals surface area contributed by atoms with Crippen molar-refractivity contribution in [1.29, 1.82) is 0 Å². The van der Waals surface area contributed by atoms with Crippen molar-refractivity contribution >= 4 is 0 Å². The summed E-state index contributed by atoms with van der Waals surface area (Å²) in [6.45, 7) is 3.30. The van der Waals surface area contributed by atoms with Gasteiger partial charge in [-0.2, -0.15) is 0 Å². The fourth-order valence-electron chi connectivity index (χ4n) is 3.15. The molecule has 94 valence electrons. The maximum Gasteiger partial charge on any atom is 0.0611 e. The van der Waals surface area contributed by atoms with Gasteiger partial charge in [-0.3, -0.25) is 4.90 Å². The van der Waals surface area contributed by atoms with Gasteiger partial charge in [0.15, 0.2) is 0 Å². The Morgan fingerprint density at radius 1 is 1.50 bits per heavy atom. The van der Waals surface area contributed by atoms with Crippen LogP contribution in [0.25, 0.3) is 0 Å². The molecule has 16 heavy (non-hydrogen) atoms. The molecule has 1 heterocycles. The third-order valence-electron chi connectivity index (χ3n) is 4.17. The number of ether oxygens (including phenoxy) is 1. The number of aliphatic hydroxyl groups is 1. The molecule has 3 unspecified atom stereocenters. The van der Waals surface area contributed by atoms with Gasteiger partial charge in [0, 0.05) is 25.2 Å². The number of hydrogen-bond acceptors (Lipinski definition) is 4. The molecule has 0 bridgehead atoms. The molecule has 0 radical (unpaired) electrons. The topological polar surface area (TPSA) is 58.7 Å². The molecule has 1 aliphatic heterocycles. The number of hydrogen-bond donors (Lipinski definition) is 2. The van der Waals surface area contributed by atoms with E-state index in [2.05, 4.69) is 4.90 Å². The summed E-state index contributed by atoms with van der Waals surface area (Å²) < 4.78 is 5.21. The highest BCUT2D eigenvalue weighted by Gasteiger charge is 2.39. The molecule has 0 amide bonds. The van der Waals surface area contributed by atoms with Gasteiger partial charge >= 0.3 is 0 Å². The zero-order valence-corrected chi connectivity index (χ0v) is 10.2. The summed E-state index contributed by atoms with van der Waals surface area (Å²) in [5.41, 5.74) is 5.79. The van der Waals surface area contributed by atoms with Crippen LogP contribution in [0.5, 0.6) is 0 Å². The second-order valence-corrected chi connectivity index (χ2v) is 5.52. The predicted molar refractivity (Wildman–Crippen MR) is 63.2 cm³/mol. The molecule has 0 aromatic rings. The van der Waals surface area contributed by atoms with Gasteiger partial charge in [-0.05, 0) is 38.1 Å². The van der Waals surface area contributed by atoms with Gasteiger partial charge in [0.25, 0.3) is 0 Å². The smallest absolute Gasteiger partial charge is 0.0611 e. The first-order chi connectivity index (χ1) is 7.67. The molecule has 3 N–H and O–H groups in total. The minimum absolute atomic E-state index is 0.124. The quantitative estimate of drug-likeness (QED) is 0.721. The van der Waals surface area contributed by atoms with E-state index < -0.39 is 0 Å². The van der Waals surface area contributed by atoms with Gasteiger partial charge in [-0.15, -0.1) is 0 Å². The summed E-state index contributed by atoms with van der Waals surface area (Å²) in [7, 11) is 1.77. The van der Waals surface area contributed by atoms with E-state index in [0.717, 1.165) is 32.4 Å². The summed E-state index contributed by atoms with van der Waals surface area (Å²) in [4.78, 5) is 2.54. The highest BCUT2D eigenvalue weighted by Crippen LogP contribution is 2.33. The van der Waals surface area contributed by atoms with Crippen molar-refractivity contribution in [2.24, 2.45) is 11.7 Å². The van der Waals surface area contributed by atoms with Crippen LogP contribution in [-0.2, 0) is 4.74 Å². The molecule has 0 aromatic heterocycles. The summed E-state index contributed by atoms with van der Waals surface area (Å²) in [6, 6.07) is 0.582. The van der Waals surface area contributed by atoms with Crippen molar-refractivity contribution in [3.63, 3.8) is 0 Å². The van der Waals surface area contributed by atoms with E-state index in [1.165, 1.54) is 13.0 Å². The van der Waals surface area contributed by atoms with E-state index in [1.807, 2.05) is 0 Å². The monoisotopic (exact) mass is 228 g/mol. The zero-order chi connectivity index (χ0) is 11.6. The molecule has 0 aromatic carbocycles. The molecule has 4 nitrogen and oxygen atoms in total. The van der Waals surface area contributed by atoms with Crippen LogP contribution in [0.1, 0.15) is 25.7 Å². The second kappa shape index (κ2) is 5.00. The summed E-state index contributed by atoms with van der Waals surface area (Å²) in [5.74, 6) is 0.687. The third kappa shape index (κ3) is 2.56. The van der Waals surface area contributed by atoms with Crippen molar-refractivity contribution in [1.82, 2.24) is 4.90 Å². The fraction of sp³-hybridized carbons (Fsp3) is 1.00. The highest BCUT2D eigenvalue weighted by atomic mass is 16.5. The molecule has 3 atom stereocenters. The van der Waals surface area contributed by atoms with E-state index in [-0.39, 0.29) is 12.1 Å². The van der Waals surface area contributed by atoms with Crippen LogP contribution in [0.4, 0.5) is 0 Å². The Balaban J connectivity index is 1.82. The second-order valence-electron chi connectivity index (χ2n) is 5.52. The van der Waals surface area contributed by atoms with Crippen molar-refractivity contribution < 1.29 is 9.84 Å². The Morgan fingerprint density at radius 3 is 2.94 bits per heavy atom. The van der Waals surface area contributed by atoms with E-state index in [0.29, 0.717) is 12.0 Å². The lowest BCUT2D eigenvalue weighted by Crippen LogP contribution is -2.43. The summed E-state index contributed by atoms with van der Waals surface area (Å²) in [6.07, 6.45) is 4.28. The number of nitrogens with zero attached hydrogens (tertiary/aromatic N) is 1. The van der Waals surface area contributed by atoms with Gasteiger partial charge in [-0.1, -0.05) is 0 Å². The Labute approximate surface area is 97.7 Å². The Hall–Kier alpha value is -0.160. The molecule has 2 rings (SSSR count). The lowest BCUT2D eigenvalue weighted by atomic mass is 10.0. The van der Waals surface area contributed by atoms with Crippen LogP contribution in [0.3, 0.4) is 0 Å². The van der Waals surface area contributed by atoms with Crippen LogP contribution in [0.2, 0.25) is 0 Å². The van der Waals surface area contributed by atoms with Crippen molar-refractivity contribution in [3.8, 4) is 0 Å². The van der Waals surface area contributed by atoms with E-state index in [1.54, 1.807) is 7.11 Å². The van der Waals surface area contributed by atoms with Crippen LogP contribution >= 0.6 is 0 Å². The maximum atomic E-state index is 9.26. The average Bonchev–Trinajstić information content (AvgIpc) is 2.86. The molecular weight excluding hydrogens is 204 g/mol. The maximum absolute atomic E-state index is 9.26. The first-order valence-electron chi connectivity index (χ1n) is 6.29. The van der Waals surface area contributed by atoms with Gasteiger partial charge in [0.1, 0.15) is 0 Å². The Morgan fingerprint density at radius 2 is 2.31 bits per heavy atom. The molecule has 2 fully saturated rings. The van der Waals surface area contributed by atoms with Crippen LogP contribution in [0, 0.1) is 5.92 Å². The average molecular weight is 228 g/mol. The Bertz CT molecular complexity index is 237. The number of nitrogens with two attached hydrogens (primary N) is 1. The highest BCUT2D eigenvalue weighted by molar-refractivity contribution is 4.98. The normalized spacial score (nSPS) is 40.7. The van der Waals surface area contributed by atoms with Crippen LogP contribution in [-0.4, -0.2) is 55.0 Å². The standard InChI is InChI=1S/C12H24N2O2/c1-16-8-10-3-5-14(7-10)11-2-4-12(13,6-11)9-15/h10-11,15H,2-9,13H2,1H3. The zero-order valence-electron chi connectivity index (χ0n) is 10.2. The van der Waals surface area contributed by atoms with Gasteiger partial charge < -0.3 is 15.6 Å². The lowest BCUT2D eigenvalue weighted by molar-refractivity contribution is 0.143. The molecule has 4 heteroatoms. The Kier molecular flexibility index (Phi) is 3.85. The minimum atomic E-state index is -0.315. The van der Waals surface area contributed by atoms with Gasteiger partial charge in [-0.25, -0.2) is 0 Å². The number of methoxy groups -OCH3 is 1. The van der Waals surface area contributed by atoms with Crippen molar-refractivity contribution in [2.75, 3.05) is 33.4 Å². The van der Waals surface area contributed by atoms with Gasteiger partial charge in [0.2, 0.25) is 0 Å². The number of rotatable bonds is 4. The SMILES string of the molecule is COCC1CCN(C2CCC(N)(CO)C2)C1. The first-order valence-corrected chi connectivity index (χ1v) is 6.29. The minimum Gasteiger partial charge on any atom is -0.394 e. The summed E-state index contributed by atoms with van der Waals surface area (Å²) in [5, 5.41) is 9.26. The van der Waals surface area contributed by atoms with E-state index in [9.17, 15) is 5.11 Å². The molecular formula is C12H24N2O2. The van der Waals surface area contributed by atoms with Crippen LogP contribution < -0.4 is 5.73 Å². The van der Waals surface area contributed by atoms with E-state index >= 15 is 0 Å². The fourth-order valence-corrected chi connectivity index (χ4v) is 3.15. The summed E-state index contributed by atoms with van der Waals surface area (Å²) >= 11 is 0. The molecule has 1 saturated carbocycles. The molecule has 2 aliphatic rings.